The van der Waals surface area contributed by atoms with E-state index >= 15 is 0 Å². The number of aromatic nitrogens is 1. The van der Waals surface area contributed by atoms with Crippen LogP contribution < -0.4 is 4.74 Å². The zero-order valence-electron chi connectivity index (χ0n) is 14.2. The van der Waals surface area contributed by atoms with Gasteiger partial charge in [0.05, 0.1) is 18.8 Å². The van der Waals surface area contributed by atoms with E-state index in [4.69, 9.17) is 9.73 Å². The fourth-order valence-electron chi connectivity index (χ4n) is 3.62. The number of fused-ring (bicyclic) bond motifs is 1. The van der Waals surface area contributed by atoms with Gasteiger partial charge in [-0.15, -0.1) is 0 Å². The molecule has 2 aliphatic heterocycles. The van der Waals surface area contributed by atoms with Gasteiger partial charge in [0, 0.05) is 28.0 Å². The Morgan fingerprint density at radius 2 is 2.20 bits per heavy atom. The zero-order valence-corrected chi connectivity index (χ0v) is 16.6. The van der Waals surface area contributed by atoms with E-state index in [1.54, 1.807) is 7.11 Å². The Balaban J connectivity index is 1.85. The van der Waals surface area contributed by atoms with E-state index in [0.717, 1.165) is 38.8 Å². The van der Waals surface area contributed by atoms with E-state index in [2.05, 4.69) is 44.9 Å². The van der Waals surface area contributed by atoms with Crippen molar-refractivity contribution < 1.29 is 4.74 Å². The number of benzene rings is 1. The first-order chi connectivity index (χ1) is 12.2. The lowest BCUT2D eigenvalue weighted by atomic mass is 9.94. The molecule has 130 valence electrons. The lowest BCUT2D eigenvalue weighted by Crippen LogP contribution is -2.35. The molecule has 0 radical (unpaired) electrons. The third kappa shape index (κ3) is 2.95. The van der Waals surface area contributed by atoms with Crippen LogP contribution >= 0.6 is 27.7 Å². The second kappa shape index (κ2) is 7.00. The van der Waals surface area contributed by atoms with Crippen LogP contribution in [-0.4, -0.2) is 34.0 Å². The van der Waals surface area contributed by atoms with E-state index in [1.165, 1.54) is 0 Å². The molecule has 2 aromatic rings. The van der Waals surface area contributed by atoms with Crippen LogP contribution in [0.2, 0.25) is 0 Å². The fourth-order valence-corrected chi connectivity index (χ4v) is 5.34. The number of rotatable bonds is 4. The van der Waals surface area contributed by atoms with E-state index in [-0.39, 0.29) is 12.1 Å². The van der Waals surface area contributed by atoms with Gasteiger partial charge in [-0.1, -0.05) is 40.7 Å². The Morgan fingerprint density at radius 1 is 1.32 bits per heavy atom. The summed E-state index contributed by atoms with van der Waals surface area (Å²) in [6, 6.07) is 12.8. The summed E-state index contributed by atoms with van der Waals surface area (Å²) in [5.41, 5.74) is 2.17. The molecule has 4 rings (SSSR count). The molecule has 4 nitrogen and oxygen atoms in total. The molecule has 0 bridgehead atoms. The second-order valence-electron chi connectivity index (χ2n) is 6.22. The SMILES string of the molecule is CC[C@@H]1CSC2=N[C@H](c3ccccn3)[C@@H](c3cc(Br)ccc3OC)N21. The van der Waals surface area contributed by atoms with Gasteiger partial charge in [-0.2, -0.15) is 0 Å². The minimum absolute atomic E-state index is 0.0127. The maximum atomic E-state index is 5.69. The lowest BCUT2D eigenvalue weighted by Gasteiger charge is -2.32. The molecule has 0 aliphatic carbocycles. The molecule has 0 spiro atoms. The number of hydrogen-bond donors (Lipinski definition) is 0. The molecule has 0 amide bonds. The molecule has 1 fully saturated rings. The summed E-state index contributed by atoms with van der Waals surface area (Å²) in [7, 11) is 1.73. The second-order valence-corrected chi connectivity index (χ2v) is 8.13. The van der Waals surface area contributed by atoms with Gasteiger partial charge >= 0.3 is 0 Å². The Labute approximate surface area is 160 Å². The monoisotopic (exact) mass is 417 g/mol. The molecule has 0 unspecified atom stereocenters. The van der Waals surface area contributed by atoms with Crippen LogP contribution in [0.4, 0.5) is 0 Å². The van der Waals surface area contributed by atoms with E-state index < -0.39 is 0 Å². The summed E-state index contributed by atoms with van der Waals surface area (Å²) in [5, 5.41) is 1.13. The van der Waals surface area contributed by atoms with Crippen molar-refractivity contribution in [3.63, 3.8) is 0 Å². The summed E-state index contributed by atoms with van der Waals surface area (Å²) < 4.78 is 6.74. The molecule has 0 N–H and O–H groups in total. The molecule has 0 saturated carbocycles. The van der Waals surface area contributed by atoms with Crippen molar-refractivity contribution >= 4 is 32.9 Å². The zero-order chi connectivity index (χ0) is 17.4. The molecule has 1 aromatic heterocycles. The first-order valence-corrected chi connectivity index (χ1v) is 10.2. The number of aliphatic imine (C=N–C) groups is 1. The first-order valence-electron chi connectivity index (χ1n) is 8.46. The quantitative estimate of drug-likeness (QED) is 0.713. The van der Waals surface area contributed by atoms with Crippen LogP contribution in [0, 0.1) is 0 Å². The van der Waals surface area contributed by atoms with Crippen LogP contribution in [0.3, 0.4) is 0 Å². The summed E-state index contributed by atoms with van der Waals surface area (Å²) in [6.45, 7) is 2.25. The van der Waals surface area contributed by atoms with Crippen LogP contribution in [0.1, 0.15) is 36.7 Å². The minimum Gasteiger partial charge on any atom is -0.496 e. The summed E-state index contributed by atoms with van der Waals surface area (Å²) in [4.78, 5) is 12.1. The molecular weight excluding hydrogens is 398 g/mol. The average Bonchev–Trinajstić information content (AvgIpc) is 3.21. The number of hydrogen-bond acceptors (Lipinski definition) is 5. The van der Waals surface area contributed by atoms with Crippen molar-refractivity contribution in [1.29, 1.82) is 0 Å². The van der Waals surface area contributed by atoms with Gasteiger partial charge in [0.25, 0.3) is 0 Å². The highest BCUT2D eigenvalue weighted by molar-refractivity contribution is 9.10. The van der Waals surface area contributed by atoms with E-state index in [9.17, 15) is 0 Å². The molecule has 25 heavy (non-hydrogen) atoms. The van der Waals surface area contributed by atoms with Crippen molar-refractivity contribution in [2.24, 2.45) is 4.99 Å². The Hall–Kier alpha value is -1.53. The Morgan fingerprint density at radius 3 is 2.92 bits per heavy atom. The summed E-state index contributed by atoms with van der Waals surface area (Å²) >= 11 is 5.48. The summed E-state index contributed by atoms with van der Waals surface area (Å²) in [5.74, 6) is 1.99. The van der Waals surface area contributed by atoms with Gasteiger partial charge in [-0.3, -0.25) is 9.98 Å². The maximum Gasteiger partial charge on any atom is 0.160 e. The lowest BCUT2D eigenvalue weighted by molar-refractivity contribution is 0.249. The largest absolute Gasteiger partial charge is 0.496 e. The number of halogens is 1. The highest BCUT2D eigenvalue weighted by Gasteiger charge is 2.46. The highest BCUT2D eigenvalue weighted by atomic mass is 79.9. The minimum atomic E-state index is -0.0127. The van der Waals surface area contributed by atoms with Gasteiger partial charge in [0.1, 0.15) is 11.8 Å². The number of thioether (sulfide) groups is 1. The number of nitrogens with zero attached hydrogens (tertiary/aromatic N) is 3. The summed E-state index contributed by atoms with van der Waals surface area (Å²) in [6.07, 6.45) is 2.95. The Kier molecular flexibility index (Phi) is 4.73. The standard InChI is InChI=1S/C19H20BrN3OS/c1-3-13-11-25-19-22-17(15-6-4-5-9-21-15)18(23(13)19)14-10-12(20)7-8-16(14)24-2/h4-10,13,17-18H,3,11H2,1-2H3/t13-,17-,18-/m1/s1. The fraction of sp³-hybridized carbons (Fsp3) is 0.368. The van der Waals surface area contributed by atoms with Gasteiger partial charge < -0.3 is 9.64 Å². The number of methoxy groups -OCH3 is 1. The van der Waals surface area contributed by atoms with Crippen LogP contribution in [0.15, 0.2) is 52.1 Å². The van der Waals surface area contributed by atoms with Gasteiger partial charge in [0.15, 0.2) is 5.17 Å². The molecule has 1 saturated heterocycles. The normalized spacial score (nSPS) is 25.0. The molecular formula is C19H20BrN3OS. The number of amidine groups is 1. The van der Waals surface area contributed by atoms with Crippen molar-refractivity contribution in [2.75, 3.05) is 12.9 Å². The van der Waals surface area contributed by atoms with Crippen molar-refractivity contribution in [3.05, 3.63) is 58.3 Å². The van der Waals surface area contributed by atoms with Crippen LogP contribution in [-0.2, 0) is 0 Å². The predicted octanol–water partition coefficient (Wildman–Crippen LogP) is 4.83. The van der Waals surface area contributed by atoms with Gasteiger partial charge in [0.2, 0.25) is 0 Å². The van der Waals surface area contributed by atoms with E-state index in [0.29, 0.717) is 6.04 Å². The maximum absolute atomic E-state index is 5.69. The average molecular weight is 418 g/mol. The van der Waals surface area contributed by atoms with E-state index in [1.807, 2.05) is 42.2 Å². The highest BCUT2D eigenvalue weighted by Crippen LogP contribution is 2.50. The topological polar surface area (TPSA) is 37.7 Å². The molecule has 6 heteroatoms. The van der Waals surface area contributed by atoms with Crippen LogP contribution in [0.5, 0.6) is 5.75 Å². The van der Waals surface area contributed by atoms with Crippen molar-refractivity contribution in [3.8, 4) is 5.75 Å². The third-order valence-corrected chi connectivity index (χ3v) is 6.46. The number of ether oxygens (including phenoxy) is 1. The molecule has 1 aromatic carbocycles. The number of pyridine rings is 1. The van der Waals surface area contributed by atoms with Crippen molar-refractivity contribution in [1.82, 2.24) is 9.88 Å². The van der Waals surface area contributed by atoms with Crippen molar-refractivity contribution in [2.45, 2.75) is 31.5 Å². The molecule has 2 aliphatic rings. The van der Waals surface area contributed by atoms with Crippen LogP contribution in [0.25, 0.3) is 0 Å². The van der Waals surface area contributed by atoms with Gasteiger partial charge in [-0.25, -0.2) is 0 Å². The smallest absolute Gasteiger partial charge is 0.160 e. The Bertz CT molecular complexity index is 799. The third-order valence-electron chi connectivity index (χ3n) is 4.84. The van der Waals surface area contributed by atoms with Gasteiger partial charge in [-0.05, 0) is 36.8 Å². The predicted molar refractivity (Wildman–Crippen MR) is 106 cm³/mol. The molecule has 3 heterocycles. The first kappa shape index (κ1) is 16.9. The molecule has 3 atom stereocenters.